The van der Waals surface area contributed by atoms with E-state index in [1.807, 2.05) is 6.07 Å². The van der Waals surface area contributed by atoms with Crippen LogP contribution in [0.15, 0.2) is 24.3 Å². The molecule has 1 atom stereocenters. The molecule has 0 aliphatic heterocycles. The molecule has 21 heavy (non-hydrogen) atoms. The van der Waals surface area contributed by atoms with Gasteiger partial charge in [0.15, 0.2) is 0 Å². The summed E-state index contributed by atoms with van der Waals surface area (Å²) in [5, 5.41) is 3.53. The molecular weight excluding hydrogens is 262 g/mol. The highest BCUT2D eigenvalue weighted by atomic mass is 16.5. The molecule has 1 N–H and O–H groups in total. The van der Waals surface area contributed by atoms with Crippen molar-refractivity contribution in [1.29, 1.82) is 0 Å². The van der Waals surface area contributed by atoms with E-state index in [1.165, 1.54) is 44.8 Å². The molecule has 2 fully saturated rings. The second-order valence-electron chi connectivity index (χ2n) is 6.40. The number of carbonyl (C=O) groups excluding carboxylic acids is 1. The number of rotatable bonds is 5. The summed E-state index contributed by atoms with van der Waals surface area (Å²) >= 11 is 0. The average Bonchev–Trinajstić information content (AvgIpc) is 3.38. The minimum absolute atomic E-state index is 0.173. The Labute approximate surface area is 127 Å². The third-order valence-electron chi connectivity index (χ3n) is 4.74. The van der Waals surface area contributed by atoms with Crippen LogP contribution in [-0.2, 0) is 9.53 Å². The molecule has 3 rings (SSSR count). The molecule has 0 radical (unpaired) electrons. The number of ether oxygens (including phenoxy) is 1. The lowest BCUT2D eigenvalue weighted by atomic mass is 9.93. The summed E-state index contributed by atoms with van der Waals surface area (Å²) in [7, 11) is 1.47. The highest BCUT2D eigenvalue weighted by Crippen LogP contribution is 2.40. The quantitative estimate of drug-likeness (QED) is 0.839. The van der Waals surface area contributed by atoms with Gasteiger partial charge in [0.2, 0.25) is 0 Å². The number of hydrogen-bond acceptors (Lipinski definition) is 3. The molecule has 114 valence electrons. The Kier molecular flexibility index (Phi) is 4.59. The predicted molar refractivity (Wildman–Crippen MR) is 83.2 cm³/mol. The standard InChI is InChI=1S/C18H25NO2/c1-21-18(20)17(19-16-8-3-2-4-9-16)15-7-5-6-14(12-15)13-10-11-13/h5-7,12-13,16-17,19H,2-4,8-11H2,1H3. The van der Waals surface area contributed by atoms with Crippen LogP contribution < -0.4 is 5.32 Å². The largest absolute Gasteiger partial charge is 0.468 e. The van der Waals surface area contributed by atoms with Crippen LogP contribution in [-0.4, -0.2) is 19.1 Å². The van der Waals surface area contributed by atoms with E-state index in [-0.39, 0.29) is 12.0 Å². The van der Waals surface area contributed by atoms with Crippen LogP contribution >= 0.6 is 0 Å². The Morgan fingerprint density at radius 3 is 2.62 bits per heavy atom. The molecule has 3 nitrogen and oxygen atoms in total. The monoisotopic (exact) mass is 287 g/mol. The number of carbonyl (C=O) groups is 1. The molecule has 0 bridgehead atoms. The van der Waals surface area contributed by atoms with E-state index >= 15 is 0 Å². The molecule has 2 saturated carbocycles. The van der Waals surface area contributed by atoms with Crippen LogP contribution in [0.25, 0.3) is 0 Å². The zero-order chi connectivity index (χ0) is 14.7. The topological polar surface area (TPSA) is 38.3 Å². The lowest BCUT2D eigenvalue weighted by molar-refractivity contribution is -0.143. The van der Waals surface area contributed by atoms with E-state index in [2.05, 4.69) is 23.5 Å². The summed E-state index contributed by atoms with van der Waals surface area (Å²) < 4.78 is 5.02. The van der Waals surface area contributed by atoms with Gasteiger partial charge in [-0.3, -0.25) is 5.32 Å². The van der Waals surface area contributed by atoms with Crippen LogP contribution in [0.4, 0.5) is 0 Å². The van der Waals surface area contributed by atoms with Crippen molar-refractivity contribution in [2.24, 2.45) is 0 Å². The third-order valence-corrected chi connectivity index (χ3v) is 4.74. The van der Waals surface area contributed by atoms with Gasteiger partial charge < -0.3 is 4.74 Å². The number of benzene rings is 1. The minimum Gasteiger partial charge on any atom is -0.468 e. The van der Waals surface area contributed by atoms with E-state index in [4.69, 9.17) is 4.74 Å². The van der Waals surface area contributed by atoms with Gasteiger partial charge >= 0.3 is 5.97 Å². The van der Waals surface area contributed by atoms with E-state index in [1.54, 1.807) is 0 Å². The maximum absolute atomic E-state index is 12.2. The second-order valence-corrected chi connectivity index (χ2v) is 6.40. The summed E-state index contributed by atoms with van der Waals surface area (Å²) in [6.07, 6.45) is 8.72. The van der Waals surface area contributed by atoms with Crippen molar-refractivity contribution < 1.29 is 9.53 Å². The van der Waals surface area contributed by atoms with Crippen molar-refractivity contribution in [2.75, 3.05) is 7.11 Å². The van der Waals surface area contributed by atoms with E-state index < -0.39 is 0 Å². The van der Waals surface area contributed by atoms with Crippen molar-refractivity contribution in [1.82, 2.24) is 5.32 Å². The van der Waals surface area contributed by atoms with Crippen molar-refractivity contribution in [2.45, 2.75) is 62.9 Å². The molecule has 2 aliphatic carbocycles. The molecule has 1 unspecified atom stereocenters. The zero-order valence-corrected chi connectivity index (χ0v) is 12.8. The van der Waals surface area contributed by atoms with Gasteiger partial charge in [0.1, 0.15) is 6.04 Å². The number of methoxy groups -OCH3 is 1. The maximum atomic E-state index is 12.2. The summed E-state index contributed by atoms with van der Waals surface area (Å²) in [4.78, 5) is 12.2. The smallest absolute Gasteiger partial charge is 0.327 e. The molecule has 3 heteroatoms. The molecule has 1 aromatic carbocycles. The lowest BCUT2D eigenvalue weighted by Gasteiger charge is -2.27. The van der Waals surface area contributed by atoms with Crippen LogP contribution in [0.2, 0.25) is 0 Å². The predicted octanol–water partition coefficient (Wildman–Crippen LogP) is 3.70. The highest BCUT2D eigenvalue weighted by molar-refractivity contribution is 5.77. The van der Waals surface area contributed by atoms with Crippen LogP contribution in [0.3, 0.4) is 0 Å². The van der Waals surface area contributed by atoms with Crippen molar-refractivity contribution in [3.05, 3.63) is 35.4 Å². The fraction of sp³-hybridized carbons (Fsp3) is 0.611. The van der Waals surface area contributed by atoms with Gasteiger partial charge in [-0.05, 0) is 42.7 Å². The first-order valence-electron chi connectivity index (χ1n) is 8.21. The first kappa shape index (κ1) is 14.6. The number of esters is 1. The molecule has 0 spiro atoms. The van der Waals surface area contributed by atoms with Gasteiger partial charge in [0, 0.05) is 6.04 Å². The van der Waals surface area contributed by atoms with E-state index in [0.717, 1.165) is 18.4 Å². The minimum atomic E-state index is -0.322. The van der Waals surface area contributed by atoms with Crippen LogP contribution in [0.5, 0.6) is 0 Å². The summed E-state index contributed by atoms with van der Waals surface area (Å²) in [5.74, 6) is 0.534. The molecule has 2 aliphatic rings. The first-order valence-corrected chi connectivity index (χ1v) is 8.21. The Balaban J connectivity index is 1.77. The fourth-order valence-corrected chi connectivity index (χ4v) is 3.33. The lowest BCUT2D eigenvalue weighted by Crippen LogP contribution is -2.38. The average molecular weight is 287 g/mol. The van der Waals surface area contributed by atoms with Gasteiger partial charge in [0.25, 0.3) is 0 Å². The Morgan fingerprint density at radius 1 is 1.19 bits per heavy atom. The molecule has 1 aromatic rings. The fourth-order valence-electron chi connectivity index (χ4n) is 3.33. The number of nitrogens with one attached hydrogen (secondary N) is 1. The molecule has 0 aromatic heterocycles. The van der Waals surface area contributed by atoms with E-state index in [9.17, 15) is 4.79 Å². The van der Waals surface area contributed by atoms with Crippen molar-refractivity contribution >= 4 is 5.97 Å². The Hall–Kier alpha value is -1.35. The van der Waals surface area contributed by atoms with Crippen LogP contribution in [0.1, 0.15) is 68.0 Å². The van der Waals surface area contributed by atoms with E-state index in [0.29, 0.717) is 12.0 Å². The van der Waals surface area contributed by atoms with Crippen molar-refractivity contribution in [3.8, 4) is 0 Å². The van der Waals surface area contributed by atoms with Gasteiger partial charge in [-0.2, -0.15) is 0 Å². The first-order chi connectivity index (χ1) is 10.3. The maximum Gasteiger partial charge on any atom is 0.327 e. The zero-order valence-electron chi connectivity index (χ0n) is 12.8. The third kappa shape index (κ3) is 3.65. The van der Waals surface area contributed by atoms with Gasteiger partial charge in [-0.15, -0.1) is 0 Å². The van der Waals surface area contributed by atoms with Gasteiger partial charge in [-0.25, -0.2) is 4.79 Å². The van der Waals surface area contributed by atoms with Gasteiger partial charge in [-0.1, -0.05) is 43.5 Å². The summed E-state index contributed by atoms with van der Waals surface area (Å²) in [6.45, 7) is 0. The Bertz CT molecular complexity index is 490. The molecule has 0 amide bonds. The molecule has 0 saturated heterocycles. The second kappa shape index (κ2) is 6.61. The highest BCUT2D eigenvalue weighted by Gasteiger charge is 2.28. The van der Waals surface area contributed by atoms with Crippen molar-refractivity contribution in [3.63, 3.8) is 0 Å². The van der Waals surface area contributed by atoms with Gasteiger partial charge in [0.05, 0.1) is 7.11 Å². The molecular formula is C18H25NO2. The SMILES string of the molecule is COC(=O)C(NC1CCCCC1)c1cccc(C2CC2)c1. The Morgan fingerprint density at radius 2 is 1.95 bits per heavy atom. The summed E-state index contributed by atoms with van der Waals surface area (Å²) in [5.41, 5.74) is 2.42. The normalized spacial score (nSPS) is 21.0. The van der Waals surface area contributed by atoms with Crippen LogP contribution in [0, 0.1) is 0 Å². The number of hydrogen-bond donors (Lipinski definition) is 1. The molecule has 0 heterocycles. The summed E-state index contributed by atoms with van der Waals surface area (Å²) in [6, 6.07) is 8.60.